The van der Waals surface area contributed by atoms with Gasteiger partial charge in [-0.25, -0.2) is 9.97 Å². The van der Waals surface area contributed by atoms with E-state index in [0.29, 0.717) is 101 Å². The maximum atomic E-state index is 14.2. The highest BCUT2D eigenvalue weighted by molar-refractivity contribution is 6.05. The Hall–Kier alpha value is -6.36. The Bertz CT molecular complexity index is 2450. The number of aryl methyl sites for hydroxylation is 4. The summed E-state index contributed by atoms with van der Waals surface area (Å²) >= 11 is 0. The number of nitrogens with one attached hydrogen (secondary N) is 2. The number of carbonyl (C=O) groups is 4. The van der Waals surface area contributed by atoms with E-state index in [-0.39, 0.29) is 11.8 Å². The molecule has 7 rings (SSSR count). The molecular formula is C37H43N13O4. The van der Waals surface area contributed by atoms with Crippen molar-refractivity contribution < 1.29 is 19.2 Å². The molecule has 17 heteroatoms. The van der Waals surface area contributed by atoms with E-state index in [1.165, 1.54) is 0 Å². The summed E-state index contributed by atoms with van der Waals surface area (Å²) in [6.45, 7) is 7.87. The molecule has 17 nitrogen and oxygen atoms in total. The number of rotatable bonds is 3. The van der Waals surface area contributed by atoms with Crippen LogP contribution in [0, 0.1) is 13.8 Å². The Morgan fingerprint density at radius 3 is 2.06 bits per heavy atom. The Labute approximate surface area is 310 Å². The molecule has 0 aliphatic carbocycles. The largest absolute Gasteiger partial charge is 0.366 e. The molecule has 0 radical (unpaired) electrons. The Balaban J connectivity index is 1.30. The second-order valence-electron chi connectivity index (χ2n) is 13.6. The van der Waals surface area contributed by atoms with Gasteiger partial charge in [-0.05, 0) is 89.5 Å². The number of nitrogens with two attached hydrogens (primary N) is 2. The number of fused-ring (bicyclic) bond motifs is 8. The van der Waals surface area contributed by atoms with Crippen LogP contribution in [0.2, 0.25) is 0 Å². The van der Waals surface area contributed by atoms with Gasteiger partial charge in [0.25, 0.3) is 11.8 Å². The summed E-state index contributed by atoms with van der Waals surface area (Å²) in [6, 6.07) is 11.8. The van der Waals surface area contributed by atoms with E-state index in [1.54, 1.807) is 51.8 Å². The molecule has 280 valence electrons. The molecule has 2 aromatic carbocycles. The van der Waals surface area contributed by atoms with Crippen molar-refractivity contribution in [3.8, 4) is 0 Å². The number of primary amides is 2. The van der Waals surface area contributed by atoms with E-state index in [0.717, 1.165) is 30.5 Å². The first-order chi connectivity index (χ1) is 25.9. The average Bonchev–Trinajstić information content (AvgIpc) is 3.87. The standard InChI is InChI=1S/C37H43N13O4/c1-5-49-31-25(22(3)45-49)9-7-6-8-14-50-30(17-21(2)44-50)34(53)42-36-40-26-18-23(32(38)51)10-12-28(26)47(36)16-15-46(4)20-48-29-13-11-24(33(39)52)19-27(29)41-37(48)43-35(31)54/h10-13,17-19H,5-9,14-16,20H2,1-4H3,(H2,38,51)(H2,39,52)(H,40,42,53)(H,41,43,54). The highest BCUT2D eigenvalue weighted by Crippen LogP contribution is 2.26. The number of likely N-dealkylation sites (N-methyl/N-ethyl adjacent to an activating group) is 1. The van der Waals surface area contributed by atoms with Crippen LogP contribution in [0.25, 0.3) is 22.1 Å². The lowest BCUT2D eigenvalue weighted by Crippen LogP contribution is -2.28. The summed E-state index contributed by atoms with van der Waals surface area (Å²) in [5.41, 5.74) is 17.4. The van der Waals surface area contributed by atoms with Gasteiger partial charge in [-0.3, -0.25) is 48.6 Å². The van der Waals surface area contributed by atoms with Gasteiger partial charge in [0, 0.05) is 42.9 Å². The number of aromatic nitrogens is 8. The van der Waals surface area contributed by atoms with Gasteiger partial charge in [0.1, 0.15) is 11.4 Å². The van der Waals surface area contributed by atoms with Gasteiger partial charge in [-0.15, -0.1) is 0 Å². The predicted molar refractivity (Wildman–Crippen MR) is 202 cm³/mol. The number of imidazole rings is 2. The van der Waals surface area contributed by atoms with Crippen molar-refractivity contribution in [3.63, 3.8) is 0 Å². The molecule has 0 spiro atoms. The maximum Gasteiger partial charge on any atom is 0.276 e. The van der Waals surface area contributed by atoms with Crippen molar-refractivity contribution in [1.82, 2.24) is 43.6 Å². The van der Waals surface area contributed by atoms with Gasteiger partial charge in [0.05, 0.1) is 40.1 Å². The summed E-state index contributed by atoms with van der Waals surface area (Å²) in [5.74, 6) is -1.26. The van der Waals surface area contributed by atoms with Crippen LogP contribution in [0.1, 0.15) is 84.8 Å². The fourth-order valence-electron chi connectivity index (χ4n) is 7.08. The normalized spacial score (nSPS) is 15.1. The van der Waals surface area contributed by atoms with E-state index in [2.05, 4.69) is 20.8 Å². The highest BCUT2D eigenvalue weighted by atomic mass is 16.2. The van der Waals surface area contributed by atoms with E-state index in [1.807, 2.05) is 41.9 Å². The van der Waals surface area contributed by atoms with Crippen LogP contribution in [0.4, 0.5) is 11.9 Å². The minimum absolute atomic E-state index is 0.291. The molecule has 0 fully saturated rings. The number of hydrogen-bond acceptors (Lipinski definition) is 9. The number of amides is 4. The first-order valence-electron chi connectivity index (χ1n) is 17.9. The van der Waals surface area contributed by atoms with E-state index < -0.39 is 11.8 Å². The van der Waals surface area contributed by atoms with Gasteiger partial charge in [-0.2, -0.15) is 10.2 Å². The molecule has 4 aromatic heterocycles. The van der Waals surface area contributed by atoms with Crippen molar-refractivity contribution >= 4 is 57.6 Å². The van der Waals surface area contributed by atoms with Gasteiger partial charge in [0.2, 0.25) is 23.7 Å². The van der Waals surface area contributed by atoms with Gasteiger partial charge in [-0.1, -0.05) is 6.42 Å². The topological polar surface area (TPSA) is 219 Å². The number of anilines is 2. The molecule has 1 aliphatic heterocycles. The van der Waals surface area contributed by atoms with Crippen LogP contribution in [0.15, 0.2) is 42.5 Å². The lowest BCUT2D eigenvalue weighted by atomic mass is 10.0. The second-order valence-corrected chi connectivity index (χ2v) is 13.6. The van der Waals surface area contributed by atoms with Crippen LogP contribution < -0.4 is 22.1 Å². The number of carbonyl (C=O) groups excluding carboxylic acids is 4. The monoisotopic (exact) mass is 733 g/mol. The number of benzene rings is 2. The van der Waals surface area contributed by atoms with Crippen LogP contribution in [0.5, 0.6) is 0 Å². The fraction of sp³-hybridized carbons (Fsp3) is 0.351. The molecule has 0 bridgehead atoms. The first kappa shape index (κ1) is 36.0. The molecule has 0 unspecified atom stereocenters. The Kier molecular flexibility index (Phi) is 9.72. The zero-order valence-corrected chi connectivity index (χ0v) is 30.7. The minimum atomic E-state index is -0.584. The molecule has 6 aromatic rings. The van der Waals surface area contributed by atoms with E-state index in [4.69, 9.17) is 21.4 Å². The van der Waals surface area contributed by atoms with Gasteiger partial charge >= 0.3 is 0 Å². The van der Waals surface area contributed by atoms with E-state index in [9.17, 15) is 19.2 Å². The molecule has 1 aliphatic rings. The van der Waals surface area contributed by atoms with E-state index >= 15 is 0 Å². The average molecular weight is 734 g/mol. The SMILES string of the molecule is CCn1nc(C)c2c1C(=O)Nc1nc3cc(C(N)=O)ccc3n1CN(C)CCn1c(nc3cc(C(N)=O)ccc31)NC(=O)c1cc(C)nn1CCCCC2. The zero-order valence-electron chi connectivity index (χ0n) is 30.7. The van der Waals surface area contributed by atoms with Crippen LogP contribution in [0.3, 0.4) is 0 Å². The van der Waals surface area contributed by atoms with Gasteiger partial charge < -0.3 is 16.0 Å². The van der Waals surface area contributed by atoms with Crippen LogP contribution in [-0.4, -0.2) is 80.8 Å². The predicted octanol–water partition coefficient (Wildman–Crippen LogP) is 3.43. The van der Waals surface area contributed by atoms with Crippen molar-refractivity contribution in [1.29, 1.82) is 0 Å². The zero-order chi connectivity index (χ0) is 38.3. The van der Waals surface area contributed by atoms with Crippen LogP contribution >= 0.6 is 0 Å². The second kappa shape index (κ2) is 14.6. The highest BCUT2D eigenvalue weighted by Gasteiger charge is 2.25. The summed E-state index contributed by atoms with van der Waals surface area (Å²) < 4.78 is 7.19. The molecular weight excluding hydrogens is 690 g/mol. The molecule has 6 N–H and O–H groups in total. The molecule has 0 saturated heterocycles. The molecule has 0 atom stereocenters. The first-order valence-corrected chi connectivity index (χ1v) is 17.9. The Morgan fingerprint density at radius 1 is 0.778 bits per heavy atom. The fourth-order valence-corrected chi connectivity index (χ4v) is 7.08. The van der Waals surface area contributed by atoms with Crippen molar-refractivity contribution in [2.24, 2.45) is 11.5 Å². The minimum Gasteiger partial charge on any atom is -0.366 e. The van der Waals surface area contributed by atoms with Gasteiger partial charge in [0.15, 0.2) is 0 Å². The summed E-state index contributed by atoms with van der Waals surface area (Å²) in [4.78, 5) is 63.6. The maximum absolute atomic E-state index is 14.2. The molecule has 4 amide bonds. The van der Waals surface area contributed by atoms with Crippen molar-refractivity contribution in [2.75, 3.05) is 24.2 Å². The lowest BCUT2D eigenvalue weighted by Gasteiger charge is -2.21. The van der Waals surface area contributed by atoms with Crippen molar-refractivity contribution in [3.05, 3.63) is 81.9 Å². The molecule has 5 heterocycles. The quantitative estimate of drug-likeness (QED) is 0.209. The third kappa shape index (κ3) is 6.92. The smallest absolute Gasteiger partial charge is 0.276 e. The summed E-state index contributed by atoms with van der Waals surface area (Å²) in [7, 11) is 1.92. The summed E-state index contributed by atoms with van der Waals surface area (Å²) in [5, 5.41) is 15.3. The number of hydrogen-bond donors (Lipinski definition) is 4. The van der Waals surface area contributed by atoms with Crippen molar-refractivity contribution in [2.45, 2.75) is 72.8 Å². The number of nitrogens with zero attached hydrogens (tertiary/aromatic N) is 9. The third-order valence-electron chi connectivity index (χ3n) is 9.80. The van der Waals surface area contributed by atoms with Crippen LogP contribution in [-0.2, 0) is 32.7 Å². The molecule has 0 saturated carbocycles. The molecule has 54 heavy (non-hydrogen) atoms. The lowest BCUT2D eigenvalue weighted by molar-refractivity contribution is 0.0992. The Morgan fingerprint density at radius 2 is 1.41 bits per heavy atom. The third-order valence-corrected chi connectivity index (χ3v) is 9.80. The summed E-state index contributed by atoms with van der Waals surface area (Å²) in [6.07, 6.45) is 2.99.